The highest BCUT2D eigenvalue weighted by Crippen LogP contribution is 2.12. The maximum Gasteiger partial charge on any atom is 0.279 e. The molecule has 0 unspecified atom stereocenters. The summed E-state index contributed by atoms with van der Waals surface area (Å²) >= 11 is 2.96. The Morgan fingerprint density at radius 2 is 2.21 bits per heavy atom. The van der Waals surface area contributed by atoms with Crippen LogP contribution < -0.4 is 16.2 Å². The number of amides is 1. The fraction of sp³-hybridized carbons (Fsp3) is 0.700. The van der Waals surface area contributed by atoms with Gasteiger partial charge >= 0.3 is 0 Å². The second-order valence-electron chi connectivity index (χ2n) is 3.69. The van der Waals surface area contributed by atoms with Crippen LogP contribution in [0.15, 0.2) is 5.16 Å². The number of carbonyl (C=O) groups is 2. The van der Waals surface area contributed by atoms with Gasteiger partial charge in [-0.25, -0.2) is 0 Å². The van der Waals surface area contributed by atoms with Gasteiger partial charge in [0.1, 0.15) is 5.04 Å². The number of rotatable bonds is 9. The molecule has 0 aliphatic heterocycles. The molecule has 0 rings (SSSR count). The van der Waals surface area contributed by atoms with E-state index in [-0.39, 0.29) is 0 Å². The van der Waals surface area contributed by atoms with Crippen LogP contribution in [0.25, 0.3) is 0 Å². The van der Waals surface area contributed by atoms with Crippen LogP contribution in [0, 0.1) is 0 Å². The summed E-state index contributed by atoms with van der Waals surface area (Å²) in [7, 11) is 0. The van der Waals surface area contributed by atoms with Crippen LogP contribution in [-0.2, 0) is 9.59 Å². The Labute approximate surface area is 120 Å². The average Bonchev–Trinajstić information content (AvgIpc) is 2.39. The Morgan fingerprint density at radius 1 is 1.53 bits per heavy atom. The molecule has 0 aromatic carbocycles. The molecular weight excluding hydrogens is 290 g/mol. The van der Waals surface area contributed by atoms with Crippen molar-refractivity contribution in [2.24, 2.45) is 5.16 Å². The van der Waals surface area contributed by atoms with Crippen molar-refractivity contribution < 1.29 is 25.6 Å². The Bertz CT molecular complexity index is 326. The fourth-order valence-corrected chi connectivity index (χ4v) is 2.42. The second-order valence-corrected chi connectivity index (χ2v) is 5.77. The monoisotopic (exact) mass is 309 g/mol. The molecule has 1 amide bonds. The van der Waals surface area contributed by atoms with Crippen LogP contribution >= 0.6 is 23.5 Å². The minimum atomic E-state index is -1.34. The summed E-state index contributed by atoms with van der Waals surface area (Å²) in [5, 5.41) is 24.9. The number of quaternary nitrogens is 1. The van der Waals surface area contributed by atoms with Gasteiger partial charge in [-0.15, -0.1) is 11.8 Å². The highest BCUT2D eigenvalue weighted by atomic mass is 32.2. The molecule has 1 atom stereocenters. The highest BCUT2D eigenvalue weighted by Gasteiger charge is 2.18. The van der Waals surface area contributed by atoms with Gasteiger partial charge in [0.2, 0.25) is 0 Å². The minimum absolute atomic E-state index is 0.331. The Morgan fingerprint density at radius 3 is 2.74 bits per heavy atom. The van der Waals surface area contributed by atoms with Crippen molar-refractivity contribution >= 4 is 40.4 Å². The molecule has 0 heterocycles. The van der Waals surface area contributed by atoms with E-state index in [2.05, 4.69) is 16.2 Å². The molecule has 19 heavy (non-hydrogen) atoms. The zero-order valence-electron chi connectivity index (χ0n) is 10.8. The van der Waals surface area contributed by atoms with Gasteiger partial charge in [-0.1, -0.05) is 5.16 Å². The van der Waals surface area contributed by atoms with Crippen LogP contribution in [0.1, 0.15) is 12.8 Å². The van der Waals surface area contributed by atoms with Crippen molar-refractivity contribution in [2.75, 3.05) is 24.3 Å². The number of oxime groups is 1. The molecule has 0 fully saturated rings. The molecular formula is C10H19N3O4S2. The first-order valence-corrected chi connectivity index (χ1v) is 8.02. The predicted octanol–water partition coefficient (Wildman–Crippen LogP) is -1.87. The van der Waals surface area contributed by atoms with Gasteiger partial charge in [-0.05, 0) is 24.9 Å². The SMILES string of the molecule is CSCCC/C(=N\O)SC[C@H]([NH3+])C(=O)NCC(=O)[O-]. The molecule has 9 heteroatoms. The van der Waals surface area contributed by atoms with Crippen molar-refractivity contribution in [3.05, 3.63) is 0 Å². The quantitative estimate of drug-likeness (QED) is 0.150. The van der Waals surface area contributed by atoms with Gasteiger partial charge in [-0.3, -0.25) is 4.79 Å². The lowest BCUT2D eigenvalue weighted by molar-refractivity contribution is -0.396. The summed E-state index contributed by atoms with van der Waals surface area (Å²) in [6.07, 6.45) is 3.54. The number of thioether (sulfide) groups is 2. The van der Waals surface area contributed by atoms with E-state index in [1.165, 1.54) is 11.8 Å². The minimum Gasteiger partial charge on any atom is -0.548 e. The number of hydrogen-bond acceptors (Lipinski definition) is 7. The number of carboxylic acids is 1. The van der Waals surface area contributed by atoms with E-state index in [1.54, 1.807) is 11.8 Å². The fourth-order valence-electron chi connectivity index (χ4n) is 1.09. The Balaban J connectivity index is 3.94. The van der Waals surface area contributed by atoms with Gasteiger partial charge in [0.25, 0.3) is 5.91 Å². The van der Waals surface area contributed by atoms with Gasteiger partial charge in [0, 0.05) is 0 Å². The normalized spacial score (nSPS) is 13.1. The molecule has 0 saturated carbocycles. The van der Waals surface area contributed by atoms with Crippen molar-refractivity contribution in [1.82, 2.24) is 5.32 Å². The predicted molar refractivity (Wildman–Crippen MR) is 74.0 cm³/mol. The maximum atomic E-state index is 11.4. The van der Waals surface area contributed by atoms with E-state index in [4.69, 9.17) is 5.21 Å². The van der Waals surface area contributed by atoms with Gasteiger partial charge in [0.05, 0.1) is 18.3 Å². The lowest BCUT2D eigenvalue weighted by atomic mass is 10.3. The molecule has 0 aromatic rings. The van der Waals surface area contributed by atoms with E-state index in [0.717, 1.165) is 12.2 Å². The summed E-state index contributed by atoms with van der Waals surface area (Å²) in [4.78, 5) is 21.6. The van der Waals surface area contributed by atoms with Crippen LogP contribution in [0.4, 0.5) is 0 Å². The third-order valence-corrected chi connectivity index (χ3v) is 3.96. The van der Waals surface area contributed by atoms with Crippen LogP contribution in [-0.4, -0.2) is 52.5 Å². The average molecular weight is 309 g/mol. The van der Waals surface area contributed by atoms with E-state index >= 15 is 0 Å². The summed E-state index contributed by atoms with van der Waals surface area (Å²) in [5.74, 6) is -0.502. The van der Waals surface area contributed by atoms with Crippen LogP contribution in [0.3, 0.4) is 0 Å². The van der Waals surface area contributed by atoms with Gasteiger partial charge in [0.15, 0.2) is 6.04 Å². The lowest BCUT2D eigenvalue weighted by Gasteiger charge is -2.10. The third kappa shape index (κ3) is 9.62. The third-order valence-electron chi connectivity index (χ3n) is 2.08. The number of aliphatic carboxylic acids is 1. The number of nitrogens with zero attached hydrogens (tertiary/aromatic N) is 1. The van der Waals surface area contributed by atoms with Gasteiger partial charge < -0.3 is 26.2 Å². The number of hydrogen-bond donors (Lipinski definition) is 3. The molecule has 0 radical (unpaired) electrons. The Hall–Kier alpha value is -0.930. The van der Waals surface area contributed by atoms with E-state index in [0.29, 0.717) is 17.2 Å². The molecule has 0 aliphatic carbocycles. The van der Waals surface area contributed by atoms with Crippen LogP contribution in [0.2, 0.25) is 0 Å². The molecule has 0 bridgehead atoms. The smallest absolute Gasteiger partial charge is 0.279 e. The lowest BCUT2D eigenvalue weighted by Crippen LogP contribution is -2.69. The number of carboxylic acid groups (broad SMARTS) is 1. The zero-order chi connectivity index (χ0) is 14.7. The second kappa shape index (κ2) is 10.9. The van der Waals surface area contributed by atoms with Crippen molar-refractivity contribution in [1.29, 1.82) is 0 Å². The van der Waals surface area contributed by atoms with E-state index in [9.17, 15) is 14.7 Å². The zero-order valence-corrected chi connectivity index (χ0v) is 12.4. The standard InChI is InChI=1S/C10H19N3O4S2/c1-18-4-2-3-8(13-17)19-6-7(11)10(16)12-5-9(14)15/h7,17H,2-6,11H2,1H3,(H,12,16)(H,14,15)/b13-8+/t7-/m0/s1. The number of nitrogens with one attached hydrogen (secondary N) is 1. The first-order valence-electron chi connectivity index (χ1n) is 5.64. The molecule has 5 N–H and O–H groups in total. The summed E-state index contributed by atoms with van der Waals surface area (Å²) in [6, 6.07) is -0.610. The highest BCUT2D eigenvalue weighted by molar-refractivity contribution is 8.14. The molecule has 0 aromatic heterocycles. The van der Waals surface area contributed by atoms with Gasteiger partial charge in [-0.2, -0.15) is 11.8 Å². The van der Waals surface area contributed by atoms with E-state index in [1.807, 2.05) is 6.26 Å². The summed E-state index contributed by atoms with van der Waals surface area (Å²) in [6.45, 7) is -0.524. The van der Waals surface area contributed by atoms with Crippen LogP contribution in [0.5, 0.6) is 0 Å². The molecule has 0 saturated heterocycles. The van der Waals surface area contributed by atoms with Crippen molar-refractivity contribution in [2.45, 2.75) is 18.9 Å². The molecule has 110 valence electrons. The first kappa shape index (κ1) is 18.1. The largest absolute Gasteiger partial charge is 0.548 e. The van der Waals surface area contributed by atoms with E-state index < -0.39 is 24.5 Å². The molecule has 0 spiro atoms. The maximum absolute atomic E-state index is 11.4. The topological polar surface area (TPSA) is 129 Å². The van der Waals surface area contributed by atoms with Crippen molar-refractivity contribution in [3.63, 3.8) is 0 Å². The first-order chi connectivity index (χ1) is 9.01. The molecule has 0 aliphatic rings. The van der Waals surface area contributed by atoms with Crippen molar-refractivity contribution in [3.8, 4) is 0 Å². The summed E-state index contributed by atoms with van der Waals surface area (Å²) in [5.41, 5.74) is 3.63. The molecule has 7 nitrogen and oxygen atoms in total. The summed E-state index contributed by atoms with van der Waals surface area (Å²) < 4.78 is 0. The Kier molecular flexibility index (Phi) is 10.4. The number of carbonyl (C=O) groups excluding carboxylic acids is 2.